The summed E-state index contributed by atoms with van der Waals surface area (Å²) in [6, 6.07) is 8.45. The van der Waals surface area contributed by atoms with Crippen molar-refractivity contribution in [2.75, 3.05) is 24.6 Å². The number of thioether (sulfide) groups is 1. The molecule has 3 aromatic heterocycles. The summed E-state index contributed by atoms with van der Waals surface area (Å²) in [4.78, 5) is 67.3. The second-order valence-electron chi connectivity index (χ2n) is 14.6. The molecule has 1 amide bonds. The number of rotatable bonds is 15. The number of carboxylic acid groups (broad SMARTS) is 2. The van der Waals surface area contributed by atoms with Crippen LogP contribution in [0.2, 0.25) is 0 Å². The van der Waals surface area contributed by atoms with Gasteiger partial charge in [-0.25, -0.2) is 23.5 Å². The standard InChI is InChI=1S/C38H40FN9O8S2/c1-38(2,36(53)54)56-44-30(27-19-58-37(41)43-27)29(49)14-25-33(50)48-31(35(51)52)23(18-57-34(25)48)16-46-11-8-28-22(15-46)7-12-47(28)17-21-4-3-20(13-26(21)39)32(40)45-55-24-5-9-42-10-6-24/h3-4,7-8,11-13,15,19,24-25,34,42H,5-6,9-10,14,16-18H2,1-2H3,(H5-,40,41,43,45,51,52,53,54)/p+1/b44-30-/t25-,34-/m1/s1. The number of hydrogen-bond acceptors (Lipinski definition) is 13. The molecule has 0 bridgehead atoms. The third kappa shape index (κ3) is 8.39. The molecule has 7 N–H and O–H groups in total. The molecule has 58 heavy (non-hydrogen) atoms. The van der Waals surface area contributed by atoms with Crippen LogP contribution in [0.3, 0.4) is 0 Å². The maximum atomic E-state index is 15.3. The van der Waals surface area contributed by atoms with Crippen molar-refractivity contribution in [3.8, 4) is 0 Å². The van der Waals surface area contributed by atoms with Crippen molar-refractivity contribution >= 4 is 74.3 Å². The van der Waals surface area contributed by atoms with Crippen molar-refractivity contribution in [2.24, 2.45) is 22.0 Å². The second kappa shape index (κ2) is 16.5. The smallest absolute Gasteiger partial charge is 0.352 e. The first kappa shape index (κ1) is 40.3. The third-order valence-electron chi connectivity index (χ3n) is 10.1. The number of nitrogens with two attached hydrogens (primary N) is 2. The van der Waals surface area contributed by atoms with Gasteiger partial charge in [0.25, 0.3) is 0 Å². The minimum absolute atomic E-state index is 0.0297. The molecular formula is C38H41FN9O8S2+. The van der Waals surface area contributed by atoms with Crippen LogP contribution in [0.15, 0.2) is 75.9 Å². The van der Waals surface area contributed by atoms with Gasteiger partial charge in [-0.3, -0.25) is 14.5 Å². The summed E-state index contributed by atoms with van der Waals surface area (Å²) in [5.41, 5.74) is 11.9. The lowest BCUT2D eigenvalue weighted by molar-refractivity contribution is -0.687. The number of nitrogen functional groups attached to an aromatic ring is 1. The maximum Gasteiger partial charge on any atom is 0.352 e. The summed E-state index contributed by atoms with van der Waals surface area (Å²) in [5.74, 6) is -4.69. The molecule has 0 unspecified atom stereocenters. The molecule has 2 saturated heterocycles. The number of ketones is 1. The number of oxime groups is 2. The first-order valence-electron chi connectivity index (χ1n) is 18.3. The van der Waals surface area contributed by atoms with Gasteiger partial charge in [-0.15, -0.1) is 23.1 Å². The van der Waals surface area contributed by atoms with Crippen LogP contribution in [0.1, 0.15) is 49.9 Å². The fourth-order valence-corrected chi connectivity index (χ4v) is 8.77. The van der Waals surface area contributed by atoms with Gasteiger partial charge in [-0.1, -0.05) is 22.4 Å². The largest absolute Gasteiger partial charge is 0.478 e. The Balaban J connectivity index is 1.03. The molecule has 17 nitrogen and oxygen atoms in total. The van der Waals surface area contributed by atoms with Crippen molar-refractivity contribution in [2.45, 2.75) is 63.3 Å². The summed E-state index contributed by atoms with van der Waals surface area (Å²) in [5, 5.41) is 32.6. The number of amidine groups is 1. The number of carbonyl (C=O) groups is 4. The SMILES string of the molecule is CC(C)(O/N=C(\C(=O)C[C@@H]1C(=O)N2C(C(=O)O)=C(C[n+]3ccc4c(ccn4Cc4ccc(C(N)=NOC5CCNCC5)cc4F)c3)CS[C@H]12)c1csc(N)n1)C(=O)O. The summed E-state index contributed by atoms with van der Waals surface area (Å²) in [6.45, 7) is 4.63. The molecule has 0 spiro atoms. The lowest BCUT2D eigenvalue weighted by atomic mass is 9.89. The number of nitrogens with zero attached hydrogens (tertiary/aromatic N) is 6. The zero-order valence-electron chi connectivity index (χ0n) is 31.5. The van der Waals surface area contributed by atoms with E-state index in [4.69, 9.17) is 21.1 Å². The van der Waals surface area contributed by atoms with Crippen LogP contribution in [0.4, 0.5) is 9.52 Å². The van der Waals surface area contributed by atoms with Gasteiger partial charge >= 0.3 is 11.9 Å². The Hall–Kier alpha value is -5.86. The molecule has 3 aliphatic heterocycles. The zero-order chi connectivity index (χ0) is 41.3. The molecule has 1 aromatic carbocycles. The number of halogens is 1. The number of piperidine rings is 1. The third-order valence-corrected chi connectivity index (χ3v) is 12.2. The summed E-state index contributed by atoms with van der Waals surface area (Å²) >= 11 is 2.38. The van der Waals surface area contributed by atoms with E-state index in [1.807, 2.05) is 33.7 Å². The van der Waals surface area contributed by atoms with E-state index in [0.29, 0.717) is 16.7 Å². The number of Topliss-reactive ketones (excluding diaryl/α,β-unsaturated/α-hetero) is 1. The highest BCUT2D eigenvalue weighted by atomic mass is 32.2. The number of carbonyl (C=O) groups excluding carboxylic acids is 2. The fourth-order valence-electron chi connectivity index (χ4n) is 6.82. The van der Waals surface area contributed by atoms with Crippen LogP contribution >= 0.6 is 23.1 Å². The number of pyridine rings is 1. The van der Waals surface area contributed by atoms with Crippen LogP contribution < -0.4 is 21.4 Å². The highest BCUT2D eigenvalue weighted by Crippen LogP contribution is 2.45. The van der Waals surface area contributed by atoms with Crippen molar-refractivity contribution < 1.29 is 48.0 Å². The minimum atomic E-state index is -1.76. The summed E-state index contributed by atoms with van der Waals surface area (Å²) in [7, 11) is 0. The van der Waals surface area contributed by atoms with Crippen LogP contribution in [-0.4, -0.2) is 95.8 Å². The highest BCUT2D eigenvalue weighted by molar-refractivity contribution is 8.00. The Morgan fingerprint density at radius 1 is 1.16 bits per heavy atom. The predicted octanol–water partition coefficient (Wildman–Crippen LogP) is 2.66. The Bertz CT molecular complexity index is 2390. The summed E-state index contributed by atoms with van der Waals surface area (Å²) < 4.78 is 19.0. The highest BCUT2D eigenvalue weighted by Gasteiger charge is 2.54. The average molecular weight is 835 g/mol. The first-order valence-corrected chi connectivity index (χ1v) is 20.2. The van der Waals surface area contributed by atoms with Crippen molar-refractivity contribution in [3.05, 3.63) is 88.2 Å². The summed E-state index contributed by atoms with van der Waals surface area (Å²) in [6.07, 6.45) is 6.76. The van der Waals surface area contributed by atoms with E-state index in [0.717, 1.165) is 48.2 Å². The molecule has 20 heteroatoms. The molecular weight excluding hydrogens is 794 g/mol. The first-order chi connectivity index (χ1) is 27.7. The van der Waals surface area contributed by atoms with E-state index in [1.165, 1.54) is 42.0 Å². The van der Waals surface area contributed by atoms with Gasteiger partial charge in [0, 0.05) is 46.5 Å². The quantitative estimate of drug-likeness (QED) is 0.0381. The van der Waals surface area contributed by atoms with Crippen molar-refractivity contribution in [3.63, 3.8) is 0 Å². The number of β-lactam (4-membered cyclic amide) rings is 1. The Morgan fingerprint density at radius 2 is 1.93 bits per heavy atom. The number of thiazole rings is 1. The van der Waals surface area contributed by atoms with Gasteiger partial charge in [0.2, 0.25) is 11.5 Å². The predicted molar refractivity (Wildman–Crippen MR) is 212 cm³/mol. The van der Waals surface area contributed by atoms with Crippen molar-refractivity contribution in [1.82, 2.24) is 19.8 Å². The average Bonchev–Trinajstić information content (AvgIpc) is 3.81. The molecule has 6 heterocycles. The molecule has 0 saturated carbocycles. The maximum absolute atomic E-state index is 15.3. The minimum Gasteiger partial charge on any atom is -0.478 e. The topological polar surface area (TPSA) is 241 Å². The molecule has 304 valence electrons. The number of aromatic nitrogens is 3. The van der Waals surface area contributed by atoms with E-state index in [1.54, 1.807) is 18.3 Å². The van der Waals surface area contributed by atoms with E-state index in [9.17, 15) is 29.4 Å². The molecule has 0 aliphatic carbocycles. The molecule has 4 aromatic rings. The Labute approximate surface area is 339 Å². The second-order valence-corrected chi connectivity index (χ2v) is 16.6. The fraction of sp³-hybridized carbons (Fsp3) is 0.368. The number of benzene rings is 1. The number of fused-ring (bicyclic) bond motifs is 2. The molecule has 2 atom stereocenters. The van der Waals surface area contributed by atoms with Gasteiger partial charge in [0.05, 0.1) is 28.7 Å². The number of anilines is 1. The Morgan fingerprint density at radius 3 is 2.62 bits per heavy atom. The number of carboxylic acids is 2. The van der Waals surface area contributed by atoms with E-state index in [-0.39, 0.29) is 59.4 Å². The monoisotopic (exact) mass is 834 g/mol. The van der Waals surface area contributed by atoms with Gasteiger partial charge in [-0.2, -0.15) is 0 Å². The van der Waals surface area contributed by atoms with Gasteiger partial charge in [-0.05, 0) is 51.9 Å². The van der Waals surface area contributed by atoms with Crippen molar-refractivity contribution in [1.29, 1.82) is 0 Å². The van der Waals surface area contributed by atoms with Crippen LogP contribution in [-0.2, 0) is 41.9 Å². The molecule has 0 radical (unpaired) electrons. The lowest BCUT2D eigenvalue weighted by Crippen LogP contribution is -2.62. The van der Waals surface area contributed by atoms with E-state index in [2.05, 4.69) is 20.6 Å². The lowest BCUT2D eigenvalue weighted by Gasteiger charge is -2.49. The molecule has 2 fully saturated rings. The van der Waals surface area contributed by atoms with Gasteiger partial charge in [0.15, 0.2) is 41.4 Å². The van der Waals surface area contributed by atoms with E-state index >= 15 is 4.39 Å². The number of hydrogen-bond donors (Lipinski definition) is 5. The van der Waals surface area contributed by atoms with Gasteiger partial charge in [0.1, 0.15) is 23.3 Å². The molecule has 3 aliphatic rings. The van der Waals surface area contributed by atoms with Gasteiger partial charge < -0.3 is 41.2 Å². The van der Waals surface area contributed by atoms with Crippen LogP contribution in [0.25, 0.3) is 10.9 Å². The van der Waals surface area contributed by atoms with Crippen LogP contribution in [0.5, 0.6) is 0 Å². The number of aliphatic carboxylic acids is 2. The number of amides is 1. The Kier molecular flexibility index (Phi) is 11.5. The molecule has 7 rings (SSSR count). The number of nitrogens with one attached hydrogen (secondary N) is 1. The van der Waals surface area contributed by atoms with E-state index < -0.39 is 46.3 Å². The zero-order valence-corrected chi connectivity index (χ0v) is 33.1. The normalized spacial score (nSPS) is 19.2. The van der Waals surface area contributed by atoms with Crippen LogP contribution in [0, 0.1) is 11.7 Å².